The number of aliphatic carboxylic acids is 1. The number of thioether (sulfide) groups is 1. The van der Waals surface area contributed by atoms with Gasteiger partial charge in [-0.05, 0) is 19.1 Å². The fraction of sp³-hybridized carbons (Fsp3) is 0.500. The largest absolute Gasteiger partial charge is 0.481 e. The van der Waals surface area contributed by atoms with Crippen LogP contribution in [0.4, 0.5) is 0 Å². The molecule has 1 unspecified atom stereocenters. The van der Waals surface area contributed by atoms with E-state index >= 15 is 0 Å². The van der Waals surface area contributed by atoms with Crippen LogP contribution in [0.5, 0.6) is 0 Å². The van der Waals surface area contributed by atoms with Gasteiger partial charge in [-0.15, -0.1) is 0 Å². The van der Waals surface area contributed by atoms with Crippen LogP contribution in [0.3, 0.4) is 0 Å². The maximum absolute atomic E-state index is 10.7. The third-order valence-electron chi connectivity index (χ3n) is 2.57. The van der Waals surface area contributed by atoms with E-state index in [0.717, 1.165) is 5.69 Å². The molecule has 5 nitrogen and oxygen atoms in total. The van der Waals surface area contributed by atoms with Gasteiger partial charge in [0.25, 0.3) is 0 Å². The van der Waals surface area contributed by atoms with Crippen molar-refractivity contribution in [1.29, 1.82) is 0 Å². The predicted octanol–water partition coefficient (Wildman–Crippen LogP) is 0.805. The van der Waals surface area contributed by atoms with Crippen LogP contribution < -0.4 is 0 Å². The third kappa shape index (κ3) is 2.03. The number of aliphatic hydroxyl groups excluding tert-OH is 1. The smallest absolute Gasteiger partial charge is 0.309 e. The Balaban J connectivity index is 2.48. The van der Waals surface area contributed by atoms with Crippen LogP contribution in [-0.2, 0) is 17.6 Å². The second kappa shape index (κ2) is 4.39. The van der Waals surface area contributed by atoms with Gasteiger partial charge in [0.05, 0.1) is 23.9 Å². The summed E-state index contributed by atoms with van der Waals surface area (Å²) in [6.07, 6.45) is 2.38. The van der Waals surface area contributed by atoms with Crippen molar-refractivity contribution >= 4 is 17.7 Å². The number of hydrogen-bond acceptors (Lipinski definition) is 5. The van der Waals surface area contributed by atoms with E-state index in [4.69, 9.17) is 5.11 Å². The summed E-state index contributed by atoms with van der Waals surface area (Å²) in [4.78, 5) is 19.2. The minimum atomic E-state index is -0.938. The van der Waals surface area contributed by atoms with Gasteiger partial charge in [-0.2, -0.15) is 0 Å². The monoisotopic (exact) mass is 240 g/mol. The van der Waals surface area contributed by atoms with Crippen molar-refractivity contribution in [3.63, 3.8) is 0 Å². The molecule has 1 atom stereocenters. The average Bonchev–Trinajstić information content (AvgIpc) is 2.59. The highest BCUT2D eigenvalue weighted by atomic mass is 32.2. The molecule has 1 heterocycles. The molecule has 0 bridgehead atoms. The van der Waals surface area contributed by atoms with Gasteiger partial charge in [-0.25, -0.2) is 9.97 Å². The summed E-state index contributed by atoms with van der Waals surface area (Å²) in [7, 11) is 0. The molecule has 2 rings (SSSR count). The van der Waals surface area contributed by atoms with E-state index in [2.05, 4.69) is 9.97 Å². The molecular formula is C10H12N2O3S. The Morgan fingerprint density at radius 3 is 2.94 bits per heavy atom. The van der Waals surface area contributed by atoms with Gasteiger partial charge in [0, 0.05) is 5.56 Å². The molecular weight excluding hydrogens is 228 g/mol. The number of hydrogen-bond donors (Lipinski definition) is 2. The lowest BCUT2D eigenvalue weighted by Crippen LogP contribution is -2.10. The van der Waals surface area contributed by atoms with Crippen LogP contribution in [0.1, 0.15) is 29.5 Å². The minimum absolute atomic E-state index is 0.157. The van der Waals surface area contributed by atoms with Gasteiger partial charge >= 0.3 is 5.97 Å². The number of carbonyl (C=O) groups is 1. The van der Waals surface area contributed by atoms with Crippen LogP contribution >= 0.6 is 11.8 Å². The lowest BCUT2D eigenvalue weighted by atomic mass is 10.1. The Bertz CT molecular complexity index is 436. The predicted molar refractivity (Wildman–Crippen MR) is 58.4 cm³/mol. The van der Waals surface area contributed by atoms with E-state index in [1.165, 1.54) is 11.8 Å². The first kappa shape index (κ1) is 11.3. The summed E-state index contributed by atoms with van der Waals surface area (Å²) in [5.41, 5.74) is 1.87. The summed E-state index contributed by atoms with van der Waals surface area (Å²) in [5.74, 6) is -0.938. The molecule has 86 valence electrons. The second-order valence-electron chi connectivity index (χ2n) is 3.64. The van der Waals surface area contributed by atoms with Crippen molar-refractivity contribution in [2.75, 3.05) is 6.26 Å². The Labute approximate surface area is 96.9 Å². The topological polar surface area (TPSA) is 83.3 Å². The Hall–Kier alpha value is -1.14. The Morgan fingerprint density at radius 1 is 1.56 bits per heavy atom. The number of aryl methyl sites for hydroxylation is 1. The fourth-order valence-corrected chi connectivity index (χ4v) is 2.31. The van der Waals surface area contributed by atoms with Gasteiger partial charge in [0.15, 0.2) is 5.16 Å². The standard InChI is InChI=1S/C10H12N2O3S/c1-16-10-11-5-2-3-7(13)9(5)6(12-10)4-8(14)15/h7,13H,2-4H2,1H3,(H,14,15). The van der Waals surface area contributed by atoms with Crippen molar-refractivity contribution in [3.05, 3.63) is 17.0 Å². The molecule has 0 spiro atoms. The molecule has 0 saturated heterocycles. The molecule has 0 fully saturated rings. The van der Waals surface area contributed by atoms with Crippen molar-refractivity contribution < 1.29 is 15.0 Å². The van der Waals surface area contributed by atoms with Crippen LogP contribution in [-0.4, -0.2) is 32.4 Å². The molecule has 16 heavy (non-hydrogen) atoms. The number of carboxylic acids is 1. The van der Waals surface area contributed by atoms with E-state index in [-0.39, 0.29) is 6.42 Å². The van der Waals surface area contributed by atoms with Crippen LogP contribution in [0.25, 0.3) is 0 Å². The molecule has 1 aliphatic carbocycles. The molecule has 1 aliphatic rings. The summed E-state index contributed by atoms with van der Waals surface area (Å²) in [6.45, 7) is 0. The van der Waals surface area contributed by atoms with Gasteiger partial charge < -0.3 is 10.2 Å². The lowest BCUT2D eigenvalue weighted by Gasteiger charge is -2.09. The molecule has 0 amide bonds. The van der Waals surface area contributed by atoms with Crippen molar-refractivity contribution in [1.82, 2.24) is 9.97 Å². The SMILES string of the molecule is CSc1nc2c(c(CC(=O)O)n1)C(O)CC2. The van der Waals surface area contributed by atoms with E-state index in [0.29, 0.717) is 29.3 Å². The zero-order valence-corrected chi connectivity index (χ0v) is 9.62. The number of rotatable bonds is 3. The van der Waals surface area contributed by atoms with Gasteiger partial charge in [-0.3, -0.25) is 4.79 Å². The molecule has 0 saturated carbocycles. The second-order valence-corrected chi connectivity index (χ2v) is 4.42. The molecule has 0 radical (unpaired) electrons. The van der Waals surface area contributed by atoms with Crippen LogP contribution in [0, 0.1) is 0 Å². The lowest BCUT2D eigenvalue weighted by molar-refractivity contribution is -0.136. The maximum Gasteiger partial charge on any atom is 0.309 e. The van der Waals surface area contributed by atoms with Gasteiger partial charge in [0.2, 0.25) is 0 Å². The molecule has 1 aromatic rings. The number of aromatic nitrogens is 2. The Kier molecular flexibility index (Phi) is 3.11. The quantitative estimate of drug-likeness (QED) is 0.600. The highest BCUT2D eigenvalue weighted by Crippen LogP contribution is 2.33. The molecule has 0 aliphatic heterocycles. The highest BCUT2D eigenvalue weighted by Gasteiger charge is 2.27. The van der Waals surface area contributed by atoms with Crippen LogP contribution in [0.2, 0.25) is 0 Å². The number of aliphatic hydroxyl groups is 1. The van der Waals surface area contributed by atoms with Crippen molar-refractivity contribution in [3.8, 4) is 0 Å². The van der Waals surface area contributed by atoms with Crippen LogP contribution in [0.15, 0.2) is 5.16 Å². The molecule has 2 N–H and O–H groups in total. The fourth-order valence-electron chi connectivity index (χ4n) is 1.91. The maximum atomic E-state index is 10.7. The van der Waals surface area contributed by atoms with E-state index in [1.54, 1.807) is 0 Å². The average molecular weight is 240 g/mol. The molecule has 0 aromatic carbocycles. The van der Waals surface area contributed by atoms with E-state index < -0.39 is 12.1 Å². The van der Waals surface area contributed by atoms with Crippen molar-refractivity contribution in [2.24, 2.45) is 0 Å². The summed E-state index contributed by atoms with van der Waals surface area (Å²) in [5, 5.41) is 19.1. The normalized spacial score (nSPS) is 18.5. The first-order chi connectivity index (χ1) is 7.61. The number of carboxylic acid groups (broad SMARTS) is 1. The summed E-state index contributed by atoms with van der Waals surface area (Å²) < 4.78 is 0. The first-order valence-electron chi connectivity index (χ1n) is 4.95. The van der Waals surface area contributed by atoms with Gasteiger partial charge in [-0.1, -0.05) is 11.8 Å². The summed E-state index contributed by atoms with van der Waals surface area (Å²) in [6, 6.07) is 0. The number of nitrogens with zero attached hydrogens (tertiary/aromatic N) is 2. The van der Waals surface area contributed by atoms with E-state index in [1.807, 2.05) is 6.26 Å². The molecule has 6 heteroatoms. The van der Waals surface area contributed by atoms with Crippen molar-refractivity contribution in [2.45, 2.75) is 30.5 Å². The van der Waals surface area contributed by atoms with E-state index in [9.17, 15) is 9.90 Å². The Morgan fingerprint density at radius 2 is 2.31 bits per heavy atom. The highest BCUT2D eigenvalue weighted by molar-refractivity contribution is 7.98. The number of fused-ring (bicyclic) bond motifs is 1. The molecule has 1 aromatic heterocycles. The van der Waals surface area contributed by atoms with Gasteiger partial charge in [0.1, 0.15) is 0 Å². The zero-order chi connectivity index (χ0) is 11.7. The third-order valence-corrected chi connectivity index (χ3v) is 3.12. The first-order valence-corrected chi connectivity index (χ1v) is 6.18. The summed E-state index contributed by atoms with van der Waals surface area (Å²) >= 11 is 1.38. The zero-order valence-electron chi connectivity index (χ0n) is 8.80. The minimum Gasteiger partial charge on any atom is -0.481 e.